The van der Waals surface area contributed by atoms with Crippen molar-refractivity contribution in [3.05, 3.63) is 89.6 Å². The third kappa shape index (κ3) is 2.67. The lowest BCUT2D eigenvalue weighted by atomic mass is 10.3. The number of rotatable bonds is 2. The topological polar surface area (TPSA) is 30.4 Å². The van der Waals surface area contributed by atoms with E-state index >= 15 is 0 Å². The molecule has 3 aromatic carbocycles. The molecule has 0 bridgehead atoms. The van der Waals surface area contributed by atoms with Gasteiger partial charge in [0, 0.05) is 5.02 Å². The van der Waals surface area contributed by atoms with Crippen molar-refractivity contribution in [3.8, 4) is 5.69 Å². The summed E-state index contributed by atoms with van der Waals surface area (Å²) in [6.07, 6.45) is 0. The van der Waals surface area contributed by atoms with Crippen molar-refractivity contribution in [2.75, 3.05) is 0 Å². The van der Waals surface area contributed by atoms with Crippen molar-refractivity contribution in [1.29, 1.82) is 0 Å². The van der Waals surface area contributed by atoms with Gasteiger partial charge in [0.2, 0.25) is 0 Å². The molecule has 0 unspecified atom stereocenters. The molecular weight excluding hydrogens is 308 g/mol. The summed E-state index contributed by atoms with van der Waals surface area (Å²) in [5.74, 6) is 0. The maximum Gasteiger partial charge on any atom is 0.307 e. The summed E-state index contributed by atoms with van der Waals surface area (Å²) in [6.45, 7) is 0. The quantitative estimate of drug-likeness (QED) is 0.505. The number of para-hydroxylation sites is 2. The van der Waals surface area contributed by atoms with Gasteiger partial charge in [0.05, 0.1) is 16.9 Å². The van der Waals surface area contributed by atoms with Crippen LogP contribution in [0, 0.1) is 0 Å². The lowest BCUT2D eigenvalue weighted by molar-refractivity contribution is 0.522. The smallest absolute Gasteiger partial charge is 0.307 e. The Morgan fingerprint density at radius 3 is 2.26 bits per heavy atom. The molecule has 0 spiro atoms. The van der Waals surface area contributed by atoms with E-state index in [2.05, 4.69) is 4.99 Å². The van der Waals surface area contributed by atoms with Crippen molar-refractivity contribution in [1.82, 2.24) is 4.57 Å². The zero-order valence-electron chi connectivity index (χ0n) is 12.2. The summed E-state index contributed by atoms with van der Waals surface area (Å²) in [7, 11) is 0. The molecule has 0 radical (unpaired) electrons. The molecule has 0 saturated carbocycles. The highest BCUT2D eigenvalue weighted by Crippen LogP contribution is 2.22. The summed E-state index contributed by atoms with van der Waals surface area (Å²) < 4.78 is 7.92. The average Bonchev–Trinajstić information content (AvgIpc) is 2.93. The van der Waals surface area contributed by atoms with E-state index < -0.39 is 0 Å². The van der Waals surface area contributed by atoms with Crippen LogP contribution in [0.3, 0.4) is 0 Å². The number of oxazole rings is 1. The Kier molecular flexibility index (Phi) is 3.48. The van der Waals surface area contributed by atoms with E-state index in [-0.39, 0.29) is 0 Å². The van der Waals surface area contributed by atoms with Crippen LogP contribution < -0.4 is 5.68 Å². The number of hydrogen-bond acceptors (Lipinski definition) is 2. The predicted octanol–water partition coefficient (Wildman–Crippen LogP) is 5.11. The summed E-state index contributed by atoms with van der Waals surface area (Å²) in [5, 5.41) is 0.661. The minimum Gasteiger partial charge on any atom is -0.423 e. The minimum absolute atomic E-state index is 0.514. The number of benzene rings is 3. The highest BCUT2D eigenvalue weighted by atomic mass is 35.5. The van der Waals surface area contributed by atoms with Crippen LogP contribution in [-0.2, 0) is 0 Å². The van der Waals surface area contributed by atoms with E-state index in [0.29, 0.717) is 10.7 Å². The van der Waals surface area contributed by atoms with Crippen LogP contribution in [0.25, 0.3) is 16.8 Å². The van der Waals surface area contributed by atoms with Crippen LogP contribution in [0.2, 0.25) is 5.02 Å². The van der Waals surface area contributed by atoms with Gasteiger partial charge >= 0.3 is 5.68 Å². The summed E-state index contributed by atoms with van der Waals surface area (Å²) in [6, 6.07) is 25.3. The molecular formula is C19H13ClN2O. The molecule has 0 fully saturated rings. The van der Waals surface area contributed by atoms with Crippen molar-refractivity contribution < 1.29 is 4.42 Å². The van der Waals surface area contributed by atoms with Gasteiger partial charge in [-0.05, 0) is 42.5 Å². The Hall–Kier alpha value is -2.78. The lowest BCUT2D eigenvalue weighted by Crippen LogP contribution is -2.13. The van der Waals surface area contributed by atoms with Gasteiger partial charge in [-0.25, -0.2) is 0 Å². The van der Waals surface area contributed by atoms with Gasteiger partial charge in [-0.1, -0.05) is 48.0 Å². The second-order valence-electron chi connectivity index (χ2n) is 5.11. The molecule has 1 heterocycles. The third-order valence-corrected chi connectivity index (χ3v) is 3.78. The molecule has 4 rings (SSSR count). The van der Waals surface area contributed by atoms with Crippen LogP contribution in [0.4, 0.5) is 5.69 Å². The number of aromatic nitrogens is 1. The van der Waals surface area contributed by atoms with Gasteiger partial charge in [-0.3, -0.25) is 4.57 Å². The van der Waals surface area contributed by atoms with Gasteiger partial charge < -0.3 is 4.42 Å². The number of fused-ring (bicyclic) bond motifs is 1. The number of nitrogens with zero attached hydrogens (tertiary/aromatic N) is 2. The first-order chi connectivity index (χ1) is 11.3. The molecule has 112 valence electrons. The largest absolute Gasteiger partial charge is 0.423 e. The molecule has 0 aliphatic carbocycles. The van der Waals surface area contributed by atoms with Crippen LogP contribution >= 0.6 is 11.6 Å². The molecule has 4 heteroatoms. The first-order valence-electron chi connectivity index (χ1n) is 7.27. The summed E-state index contributed by atoms with van der Waals surface area (Å²) >= 11 is 6.16. The van der Waals surface area contributed by atoms with Gasteiger partial charge in [0.25, 0.3) is 0 Å². The Balaban J connectivity index is 2.06. The first-order valence-corrected chi connectivity index (χ1v) is 7.65. The summed E-state index contributed by atoms with van der Waals surface area (Å²) in [4.78, 5) is 4.64. The zero-order valence-corrected chi connectivity index (χ0v) is 12.9. The van der Waals surface area contributed by atoms with E-state index in [4.69, 9.17) is 16.0 Å². The Morgan fingerprint density at radius 1 is 0.826 bits per heavy atom. The standard InChI is InChI=1S/C19H13ClN2O/c20-14-11-12-18-17(13-14)22(16-9-5-2-6-10-16)19(23-18)21-15-7-3-1-4-8-15/h1-13H. The van der Waals surface area contributed by atoms with Gasteiger partial charge in [0.15, 0.2) is 5.58 Å². The monoisotopic (exact) mass is 320 g/mol. The fourth-order valence-electron chi connectivity index (χ4n) is 2.51. The Morgan fingerprint density at radius 2 is 1.52 bits per heavy atom. The van der Waals surface area contributed by atoms with Crippen molar-refractivity contribution in [2.45, 2.75) is 0 Å². The Bertz CT molecular complexity index is 1020. The number of halogens is 1. The van der Waals surface area contributed by atoms with E-state index in [1.807, 2.05) is 83.4 Å². The molecule has 0 aliphatic heterocycles. The van der Waals surface area contributed by atoms with Crippen LogP contribution in [0.15, 0.2) is 88.3 Å². The maximum atomic E-state index is 6.16. The van der Waals surface area contributed by atoms with E-state index in [1.54, 1.807) is 0 Å². The molecule has 0 saturated heterocycles. The second-order valence-corrected chi connectivity index (χ2v) is 5.55. The fourth-order valence-corrected chi connectivity index (χ4v) is 2.68. The maximum absolute atomic E-state index is 6.16. The number of hydrogen-bond donors (Lipinski definition) is 0. The molecule has 3 nitrogen and oxygen atoms in total. The van der Waals surface area contributed by atoms with Gasteiger partial charge in [-0.2, -0.15) is 4.99 Å². The highest BCUT2D eigenvalue weighted by molar-refractivity contribution is 6.31. The molecule has 0 N–H and O–H groups in total. The second kappa shape index (κ2) is 5.78. The van der Waals surface area contributed by atoms with E-state index in [0.717, 1.165) is 22.5 Å². The molecule has 0 amide bonds. The van der Waals surface area contributed by atoms with Gasteiger partial charge in [0.1, 0.15) is 0 Å². The Labute approximate surface area is 138 Å². The third-order valence-electron chi connectivity index (χ3n) is 3.55. The summed E-state index contributed by atoms with van der Waals surface area (Å²) in [5.41, 5.74) is 3.96. The van der Waals surface area contributed by atoms with Crippen molar-refractivity contribution in [3.63, 3.8) is 0 Å². The predicted molar refractivity (Wildman–Crippen MR) is 92.2 cm³/mol. The van der Waals surface area contributed by atoms with E-state index in [9.17, 15) is 0 Å². The van der Waals surface area contributed by atoms with Crippen LogP contribution in [0.1, 0.15) is 0 Å². The molecule has 0 atom stereocenters. The molecule has 4 aromatic rings. The van der Waals surface area contributed by atoms with Gasteiger partial charge in [-0.15, -0.1) is 0 Å². The van der Waals surface area contributed by atoms with E-state index in [1.165, 1.54) is 0 Å². The molecule has 1 aromatic heterocycles. The zero-order chi connectivity index (χ0) is 15.6. The normalized spacial score (nSPS) is 12.0. The van der Waals surface area contributed by atoms with Crippen molar-refractivity contribution in [2.24, 2.45) is 4.99 Å². The lowest BCUT2D eigenvalue weighted by Gasteiger charge is -2.03. The SMILES string of the molecule is Clc1ccc2oc(=Nc3ccccc3)n(-c3ccccc3)c2c1. The molecule has 0 aliphatic rings. The van der Waals surface area contributed by atoms with Crippen molar-refractivity contribution >= 4 is 28.4 Å². The average molecular weight is 321 g/mol. The minimum atomic E-state index is 0.514. The van der Waals surface area contributed by atoms with Crippen LogP contribution in [-0.4, -0.2) is 4.57 Å². The van der Waals surface area contributed by atoms with Crippen LogP contribution in [0.5, 0.6) is 0 Å². The first kappa shape index (κ1) is 13.9. The highest BCUT2D eigenvalue weighted by Gasteiger charge is 2.10. The molecule has 23 heavy (non-hydrogen) atoms. The fraction of sp³-hybridized carbons (Fsp3) is 0.